The monoisotopic (exact) mass is 279 g/mol. The molecule has 0 amide bonds. The third-order valence-electron chi connectivity index (χ3n) is 3.03. The van der Waals surface area contributed by atoms with Crippen LogP contribution in [0.25, 0.3) is 11.0 Å². The van der Waals surface area contributed by atoms with Crippen LogP contribution >= 0.6 is 0 Å². The number of ether oxygens (including phenoxy) is 1. The number of H-pyrrole nitrogens is 1. The van der Waals surface area contributed by atoms with Crippen LogP contribution in [0.15, 0.2) is 23.1 Å². The molecule has 2 aromatic rings. The Morgan fingerprint density at radius 2 is 2.16 bits per heavy atom. The molecule has 6 heteroatoms. The molecule has 3 N–H and O–H groups in total. The predicted octanol–water partition coefficient (Wildman–Crippen LogP) is 2.22. The largest absolute Gasteiger partial charge is 0.394 e. The molecule has 0 unspecified atom stereocenters. The molecule has 2 aromatic heterocycles. The van der Waals surface area contributed by atoms with Crippen molar-refractivity contribution in [2.24, 2.45) is 0 Å². The van der Waals surface area contributed by atoms with Gasteiger partial charge in [0.05, 0.1) is 5.69 Å². The Bertz CT molecular complexity index is 625. The van der Waals surface area contributed by atoms with E-state index < -0.39 is 8.07 Å². The standard InChI is InChI=1S/C13H21N3O2Si/c1-19(2,3)7-6-18-9-16-5-4-10-8-11(14)13(17)15-12(10)16/h4-5,8H,6-7,9,14H2,1-3H3,(H,15,17). The molecule has 0 aliphatic heterocycles. The second kappa shape index (κ2) is 5.22. The Balaban J connectivity index is 2.05. The molecule has 0 saturated heterocycles. The molecule has 0 atom stereocenters. The lowest BCUT2D eigenvalue weighted by Gasteiger charge is -2.15. The maximum absolute atomic E-state index is 11.5. The van der Waals surface area contributed by atoms with E-state index in [9.17, 15) is 4.79 Å². The summed E-state index contributed by atoms with van der Waals surface area (Å²) in [6, 6.07) is 4.74. The van der Waals surface area contributed by atoms with Gasteiger partial charge < -0.3 is 20.0 Å². The highest BCUT2D eigenvalue weighted by atomic mass is 28.3. The Labute approximate surface area is 113 Å². The van der Waals surface area contributed by atoms with E-state index in [1.807, 2.05) is 16.8 Å². The fourth-order valence-corrected chi connectivity index (χ4v) is 2.57. The molecule has 0 radical (unpaired) electrons. The Hall–Kier alpha value is -1.53. The fraction of sp³-hybridized carbons (Fsp3) is 0.462. The van der Waals surface area contributed by atoms with E-state index in [1.165, 1.54) is 0 Å². The molecule has 0 aliphatic carbocycles. The molecule has 19 heavy (non-hydrogen) atoms. The Morgan fingerprint density at radius 3 is 2.84 bits per heavy atom. The first-order valence-corrected chi connectivity index (χ1v) is 10.1. The Kier molecular flexibility index (Phi) is 3.82. The van der Waals surface area contributed by atoms with Crippen molar-refractivity contribution in [1.82, 2.24) is 9.55 Å². The van der Waals surface area contributed by atoms with Crippen molar-refractivity contribution < 1.29 is 4.74 Å². The zero-order valence-electron chi connectivity index (χ0n) is 11.7. The number of aromatic amines is 1. The van der Waals surface area contributed by atoms with Crippen LogP contribution in [0.2, 0.25) is 25.7 Å². The van der Waals surface area contributed by atoms with E-state index in [4.69, 9.17) is 10.5 Å². The molecule has 0 aromatic carbocycles. The van der Waals surface area contributed by atoms with Crippen LogP contribution in [0.1, 0.15) is 0 Å². The lowest BCUT2D eigenvalue weighted by atomic mass is 10.3. The molecule has 2 heterocycles. The second-order valence-electron chi connectivity index (χ2n) is 5.99. The minimum Gasteiger partial charge on any atom is -0.394 e. The van der Waals surface area contributed by atoms with E-state index in [2.05, 4.69) is 24.6 Å². The molecule has 5 nitrogen and oxygen atoms in total. The number of rotatable bonds is 5. The quantitative estimate of drug-likeness (QED) is 0.651. The van der Waals surface area contributed by atoms with Gasteiger partial charge in [0.15, 0.2) is 0 Å². The summed E-state index contributed by atoms with van der Waals surface area (Å²) >= 11 is 0. The average Bonchev–Trinajstić information content (AvgIpc) is 2.67. The number of nitrogen functional groups attached to an aromatic ring is 1. The van der Waals surface area contributed by atoms with Crippen molar-refractivity contribution in [2.45, 2.75) is 32.4 Å². The number of hydrogen-bond acceptors (Lipinski definition) is 3. The molecule has 0 saturated carbocycles. The van der Waals surface area contributed by atoms with Crippen LogP contribution < -0.4 is 11.3 Å². The first-order chi connectivity index (χ1) is 8.87. The summed E-state index contributed by atoms with van der Waals surface area (Å²) in [5.74, 6) is 0. The third-order valence-corrected chi connectivity index (χ3v) is 4.73. The molecule has 104 valence electrons. The van der Waals surface area contributed by atoms with Crippen LogP contribution in [-0.2, 0) is 11.5 Å². The van der Waals surface area contributed by atoms with Gasteiger partial charge in [-0.15, -0.1) is 0 Å². The molecule has 2 rings (SSSR count). The molecular formula is C13H21N3O2Si. The van der Waals surface area contributed by atoms with Crippen LogP contribution in [0.4, 0.5) is 5.69 Å². The minimum atomic E-state index is -1.06. The lowest BCUT2D eigenvalue weighted by molar-refractivity contribution is 0.0899. The van der Waals surface area contributed by atoms with Gasteiger partial charge in [-0.1, -0.05) is 19.6 Å². The maximum Gasteiger partial charge on any atom is 0.272 e. The van der Waals surface area contributed by atoms with Gasteiger partial charge in [-0.05, 0) is 18.2 Å². The van der Waals surface area contributed by atoms with Crippen LogP contribution in [0.5, 0.6) is 0 Å². The van der Waals surface area contributed by atoms with Crippen molar-refractivity contribution in [3.05, 3.63) is 28.7 Å². The summed E-state index contributed by atoms with van der Waals surface area (Å²) in [7, 11) is -1.06. The summed E-state index contributed by atoms with van der Waals surface area (Å²) in [6.07, 6.45) is 1.90. The van der Waals surface area contributed by atoms with Crippen LogP contribution in [0, 0.1) is 0 Å². The third kappa shape index (κ3) is 3.48. The minimum absolute atomic E-state index is 0.241. The van der Waals surface area contributed by atoms with Gasteiger partial charge in [-0.25, -0.2) is 0 Å². The number of nitrogens with one attached hydrogen (secondary N) is 1. The van der Waals surface area contributed by atoms with Gasteiger partial charge in [0.25, 0.3) is 5.56 Å². The molecule has 0 bridgehead atoms. The van der Waals surface area contributed by atoms with Gasteiger partial charge in [0, 0.05) is 26.3 Å². The highest BCUT2D eigenvalue weighted by Crippen LogP contribution is 2.14. The van der Waals surface area contributed by atoms with E-state index >= 15 is 0 Å². The van der Waals surface area contributed by atoms with Crippen molar-refractivity contribution in [3.8, 4) is 0 Å². The number of nitrogens with two attached hydrogens (primary N) is 1. The van der Waals surface area contributed by atoms with Crippen molar-refractivity contribution >= 4 is 24.8 Å². The van der Waals surface area contributed by atoms with E-state index in [0.29, 0.717) is 6.73 Å². The Morgan fingerprint density at radius 1 is 1.42 bits per heavy atom. The van der Waals surface area contributed by atoms with Gasteiger partial charge in [-0.3, -0.25) is 4.79 Å². The number of hydrogen-bond donors (Lipinski definition) is 2. The molecule has 0 spiro atoms. The number of nitrogens with zero attached hydrogens (tertiary/aromatic N) is 1. The first kappa shape index (κ1) is 13.9. The van der Waals surface area contributed by atoms with E-state index in [0.717, 1.165) is 23.7 Å². The normalized spacial score (nSPS) is 12.2. The van der Waals surface area contributed by atoms with Crippen molar-refractivity contribution in [3.63, 3.8) is 0 Å². The van der Waals surface area contributed by atoms with E-state index in [-0.39, 0.29) is 11.2 Å². The fourth-order valence-electron chi connectivity index (χ4n) is 1.81. The number of pyridine rings is 1. The second-order valence-corrected chi connectivity index (χ2v) is 11.6. The number of fused-ring (bicyclic) bond motifs is 1. The topological polar surface area (TPSA) is 73.0 Å². The van der Waals surface area contributed by atoms with Crippen molar-refractivity contribution in [2.75, 3.05) is 12.3 Å². The summed E-state index contributed by atoms with van der Waals surface area (Å²) < 4.78 is 7.57. The van der Waals surface area contributed by atoms with Crippen LogP contribution in [0.3, 0.4) is 0 Å². The molecule has 0 aliphatic rings. The molecule has 0 fully saturated rings. The van der Waals surface area contributed by atoms with Gasteiger partial charge in [-0.2, -0.15) is 0 Å². The van der Waals surface area contributed by atoms with Crippen molar-refractivity contribution in [1.29, 1.82) is 0 Å². The highest BCUT2D eigenvalue weighted by Gasteiger charge is 2.12. The summed E-state index contributed by atoms with van der Waals surface area (Å²) in [6.45, 7) is 8.17. The zero-order chi connectivity index (χ0) is 14.0. The number of aromatic nitrogens is 2. The summed E-state index contributed by atoms with van der Waals surface area (Å²) in [4.78, 5) is 14.3. The van der Waals surface area contributed by atoms with Crippen LogP contribution in [-0.4, -0.2) is 24.2 Å². The molecular weight excluding hydrogens is 258 g/mol. The van der Waals surface area contributed by atoms with Gasteiger partial charge >= 0.3 is 0 Å². The summed E-state index contributed by atoms with van der Waals surface area (Å²) in [5, 5.41) is 0.922. The highest BCUT2D eigenvalue weighted by molar-refractivity contribution is 6.76. The zero-order valence-corrected chi connectivity index (χ0v) is 12.7. The summed E-state index contributed by atoms with van der Waals surface area (Å²) in [5.41, 5.74) is 6.33. The van der Waals surface area contributed by atoms with Gasteiger partial charge in [0.1, 0.15) is 12.4 Å². The van der Waals surface area contributed by atoms with E-state index in [1.54, 1.807) is 6.07 Å². The average molecular weight is 279 g/mol. The van der Waals surface area contributed by atoms with Gasteiger partial charge in [0.2, 0.25) is 0 Å². The first-order valence-electron chi connectivity index (χ1n) is 6.42. The SMILES string of the molecule is C[Si](C)(C)CCOCn1ccc2cc(N)c(=O)[nH]c21. The lowest BCUT2D eigenvalue weighted by Crippen LogP contribution is -2.22. The smallest absolute Gasteiger partial charge is 0.272 e. The predicted molar refractivity (Wildman–Crippen MR) is 81.1 cm³/mol. The number of anilines is 1. The maximum atomic E-state index is 11.5.